The smallest absolute Gasteiger partial charge is 0.317 e. The molecule has 3 aromatic rings. The summed E-state index contributed by atoms with van der Waals surface area (Å²) >= 11 is 0. The lowest BCUT2D eigenvalue weighted by molar-refractivity contribution is -0.140. The van der Waals surface area contributed by atoms with Crippen molar-refractivity contribution >= 4 is 64.7 Å². The number of carboxylic acid groups (broad SMARTS) is 3. The summed E-state index contributed by atoms with van der Waals surface area (Å²) in [6, 6.07) is 20.0. The molecule has 474 valence electrons. The number of fused-ring (bicyclic) bond motifs is 2. The predicted octanol–water partition coefficient (Wildman–Crippen LogP) is 0.662. The first kappa shape index (κ1) is 69.9. The van der Waals surface area contributed by atoms with E-state index in [1.807, 2.05) is 53.4 Å². The number of anilines is 2. The highest BCUT2D eigenvalue weighted by atomic mass is 16.6. The molecule has 0 aliphatic carbocycles. The molecule has 2 atom stereocenters. The van der Waals surface area contributed by atoms with E-state index >= 15 is 0 Å². The number of para-hydroxylation sites is 1. The molecule has 6 amide bonds. The molecule has 2 aliphatic rings. The number of benzene rings is 3. The quantitative estimate of drug-likeness (QED) is 0.0301. The lowest BCUT2D eigenvalue weighted by Crippen LogP contribution is -2.53. The van der Waals surface area contributed by atoms with Crippen LogP contribution < -0.4 is 31.5 Å². The van der Waals surface area contributed by atoms with Crippen molar-refractivity contribution in [2.24, 2.45) is 5.92 Å². The molecular formula is C61H84N10O16. The Labute approximate surface area is 507 Å². The van der Waals surface area contributed by atoms with Crippen molar-refractivity contribution in [3.05, 3.63) is 95.1 Å². The fraction of sp³-hybridized carbons (Fsp3) is 0.525. The lowest BCUT2D eigenvalue weighted by atomic mass is 10.0. The van der Waals surface area contributed by atoms with Crippen molar-refractivity contribution in [2.45, 2.75) is 65.2 Å². The van der Waals surface area contributed by atoms with Crippen LogP contribution in [0.25, 0.3) is 0 Å². The molecule has 26 nitrogen and oxygen atoms in total. The molecule has 26 heteroatoms. The number of rotatable bonds is 34. The summed E-state index contributed by atoms with van der Waals surface area (Å²) in [5.74, 6) is 0.729. The van der Waals surface area contributed by atoms with Crippen molar-refractivity contribution in [3.8, 4) is 11.8 Å². The molecule has 0 aromatic heterocycles. The summed E-state index contributed by atoms with van der Waals surface area (Å²) in [6.45, 7) is 9.23. The molecule has 5 rings (SSSR count). The number of hydrogen-bond acceptors (Lipinski definition) is 17. The Kier molecular flexibility index (Phi) is 30.8. The topological polar surface area (TPSA) is 328 Å². The number of hydrogen-bond donors (Lipinski definition) is 8. The Hall–Kier alpha value is -7.87. The van der Waals surface area contributed by atoms with E-state index in [1.54, 1.807) is 57.7 Å². The summed E-state index contributed by atoms with van der Waals surface area (Å²) in [5.41, 5.74) is 4.43. The monoisotopic (exact) mass is 1210 g/mol. The number of carbonyl (C=O) groups excluding carboxylic acids is 6. The van der Waals surface area contributed by atoms with Crippen LogP contribution in [0.5, 0.6) is 0 Å². The molecule has 87 heavy (non-hydrogen) atoms. The minimum Gasteiger partial charge on any atom is -0.480 e. The molecule has 0 radical (unpaired) electrons. The number of carboxylic acids is 3. The molecule has 8 N–H and O–H groups in total. The number of ether oxygens (including phenoxy) is 4. The highest BCUT2D eigenvalue weighted by Crippen LogP contribution is 2.26. The predicted molar refractivity (Wildman–Crippen MR) is 320 cm³/mol. The van der Waals surface area contributed by atoms with E-state index in [0.717, 1.165) is 27.9 Å². The lowest BCUT2D eigenvalue weighted by Gasteiger charge is -2.32. The van der Waals surface area contributed by atoms with E-state index in [-0.39, 0.29) is 148 Å². The summed E-state index contributed by atoms with van der Waals surface area (Å²) in [5, 5.41) is 42.2. The molecule has 3 aromatic carbocycles. The van der Waals surface area contributed by atoms with Crippen LogP contribution >= 0.6 is 0 Å². The summed E-state index contributed by atoms with van der Waals surface area (Å²) < 4.78 is 22.2. The van der Waals surface area contributed by atoms with Gasteiger partial charge in [-0.3, -0.25) is 62.8 Å². The van der Waals surface area contributed by atoms with Gasteiger partial charge in [0.25, 0.3) is 0 Å². The Balaban J connectivity index is 0.887. The zero-order chi connectivity index (χ0) is 62.9. The van der Waals surface area contributed by atoms with Gasteiger partial charge in [0.1, 0.15) is 12.1 Å². The van der Waals surface area contributed by atoms with Crippen LogP contribution in [-0.2, 0) is 75.2 Å². The van der Waals surface area contributed by atoms with Crippen LogP contribution in [-0.4, -0.2) is 238 Å². The summed E-state index contributed by atoms with van der Waals surface area (Å²) in [7, 11) is 0. The van der Waals surface area contributed by atoms with Crippen LogP contribution in [0.2, 0.25) is 0 Å². The Bertz CT molecular complexity index is 2780. The van der Waals surface area contributed by atoms with Gasteiger partial charge in [0.05, 0.1) is 91.3 Å². The van der Waals surface area contributed by atoms with Gasteiger partial charge in [-0.2, -0.15) is 0 Å². The second-order valence-electron chi connectivity index (χ2n) is 21.2. The molecule has 0 bridgehead atoms. The molecule has 2 heterocycles. The van der Waals surface area contributed by atoms with Gasteiger partial charge >= 0.3 is 17.9 Å². The average molecular weight is 1210 g/mol. The fourth-order valence-corrected chi connectivity index (χ4v) is 9.19. The summed E-state index contributed by atoms with van der Waals surface area (Å²) in [6.07, 6.45) is 0.0643. The third kappa shape index (κ3) is 27.2. The maximum absolute atomic E-state index is 13.4. The van der Waals surface area contributed by atoms with E-state index in [4.69, 9.17) is 18.9 Å². The molecule has 1 fully saturated rings. The van der Waals surface area contributed by atoms with Crippen LogP contribution in [0, 0.1) is 17.8 Å². The largest absolute Gasteiger partial charge is 0.480 e. The Morgan fingerprint density at radius 3 is 1.55 bits per heavy atom. The van der Waals surface area contributed by atoms with Crippen molar-refractivity contribution in [1.29, 1.82) is 0 Å². The standard InChI is InChI=1S/C61H84N10O16/c1-44(2)59(66-53(73)20-30-84-32-34-86-36-37-87-35-33-85-31-21-62-52(72)18-19-55(75)71-39-49-10-5-4-8-47(49)14-15-48-9-6-7-11-51(48)71)61(83)64-45(3)60(82)65-50-16-12-46(13-17-50)38-63-54(74)40-67-22-24-68(41-56(76)77)26-28-70(43-58(80)81)29-27-69(25-23-67)42-57(78)79/h4-13,16-17,44-45,59H,18-43H2,1-3H3,(H,62,72)(H,63,74)(H,64,83)(H,65,82)(H,66,73)(H,76,77)(H,78,79)(H,80,81)/t45-,59-/m0/s1. The van der Waals surface area contributed by atoms with Gasteiger partial charge < -0.3 is 65.8 Å². The molecule has 0 unspecified atom stereocenters. The van der Waals surface area contributed by atoms with Crippen molar-refractivity contribution < 1.29 is 77.4 Å². The van der Waals surface area contributed by atoms with Gasteiger partial charge in [-0.1, -0.05) is 68.2 Å². The van der Waals surface area contributed by atoms with E-state index in [9.17, 15) is 58.5 Å². The Morgan fingerprint density at radius 2 is 1.00 bits per heavy atom. The van der Waals surface area contributed by atoms with E-state index in [1.165, 1.54) is 6.92 Å². The minimum absolute atomic E-state index is 0.0133. The Morgan fingerprint density at radius 1 is 0.506 bits per heavy atom. The molecular weight excluding hydrogens is 1130 g/mol. The van der Waals surface area contributed by atoms with E-state index in [0.29, 0.717) is 51.7 Å². The highest BCUT2D eigenvalue weighted by Gasteiger charge is 2.28. The molecule has 1 saturated heterocycles. The highest BCUT2D eigenvalue weighted by molar-refractivity contribution is 5.98. The van der Waals surface area contributed by atoms with Gasteiger partial charge in [-0.25, -0.2) is 0 Å². The first-order valence-electron chi connectivity index (χ1n) is 29.2. The number of nitrogens with zero attached hydrogens (tertiary/aromatic N) is 5. The van der Waals surface area contributed by atoms with E-state index < -0.39 is 47.7 Å². The van der Waals surface area contributed by atoms with Gasteiger partial charge in [0, 0.05) is 102 Å². The maximum Gasteiger partial charge on any atom is 0.317 e. The second-order valence-corrected chi connectivity index (χ2v) is 21.2. The molecule has 2 aliphatic heterocycles. The van der Waals surface area contributed by atoms with Crippen molar-refractivity contribution in [3.63, 3.8) is 0 Å². The third-order valence-electron chi connectivity index (χ3n) is 14.0. The number of amides is 6. The first-order valence-corrected chi connectivity index (χ1v) is 29.2. The van der Waals surface area contributed by atoms with Gasteiger partial charge in [0.2, 0.25) is 35.4 Å². The zero-order valence-electron chi connectivity index (χ0n) is 49.9. The van der Waals surface area contributed by atoms with Crippen molar-refractivity contribution in [2.75, 3.05) is 148 Å². The third-order valence-corrected chi connectivity index (χ3v) is 14.0. The van der Waals surface area contributed by atoms with Crippen LogP contribution in [0.15, 0.2) is 72.8 Å². The summed E-state index contributed by atoms with van der Waals surface area (Å²) in [4.78, 5) is 122. The molecule has 0 saturated carbocycles. The fourth-order valence-electron chi connectivity index (χ4n) is 9.19. The average Bonchev–Trinajstić information content (AvgIpc) is 2.53. The number of aliphatic carboxylic acids is 3. The SMILES string of the molecule is CC(C)[C@H](NC(=O)CCOCCOCCOCCOCCNC(=O)CCC(=O)N1Cc2ccccc2C#Cc2ccccc21)C(=O)N[C@@H](C)C(=O)Nc1ccc(CNC(=O)CN2CCN(CC(=O)O)CCN(CC(=O)O)CCN(CC(=O)O)CC2)cc1. The van der Waals surface area contributed by atoms with Crippen molar-refractivity contribution in [1.82, 2.24) is 40.9 Å². The van der Waals surface area contributed by atoms with Crippen LogP contribution in [0.3, 0.4) is 0 Å². The van der Waals surface area contributed by atoms with E-state index in [2.05, 4.69) is 38.4 Å². The number of nitrogens with one attached hydrogen (secondary N) is 5. The normalized spacial score (nSPS) is 15.1. The van der Waals surface area contributed by atoms with Crippen LogP contribution in [0.4, 0.5) is 11.4 Å². The van der Waals surface area contributed by atoms with Gasteiger partial charge in [-0.15, -0.1) is 0 Å². The van der Waals surface area contributed by atoms with Crippen LogP contribution in [0.1, 0.15) is 62.3 Å². The number of carbonyl (C=O) groups is 9. The first-order chi connectivity index (χ1) is 41.8. The minimum atomic E-state index is -1.05. The van der Waals surface area contributed by atoms with Gasteiger partial charge in [0.15, 0.2) is 0 Å². The maximum atomic E-state index is 13.4. The van der Waals surface area contributed by atoms with Gasteiger partial charge in [-0.05, 0) is 54.3 Å². The second kappa shape index (κ2) is 38.3. The molecule has 0 spiro atoms. The zero-order valence-corrected chi connectivity index (χ0v) is 49.9.